The molecule has 1 unspecified atom stereocenters. The van der Waals surface area contributed by atoms with Crippen LogP contribution in [0.1, 0.15) is 6.42 Å². The summed E-state index contributed by atoms with van der Waals surface area (Å²) in [5.41, 5.74) is 5.52. The maximum Gasteiger partial charge on any atom is 0.139 e. The summed E-state index contributed by atoms with van der Waals surface area (Å²) in [5, 5.41) is 9.56. The first-order valence-electron chi connectivity index (χ1n) is 4.58. The highest BCUT2D eigenvalue weighted by molar-refractivity contribution is 6.42. The zero-order valence-corrected chi connectivity index (χ0v) is 9.63. The number of benzene rings is 1. The van der Waals surface area contributed by atoms with Crippen molar-refractivity contribution >= 4 is 23.2 Å². The first-order valence-corrected chi connectivity index (χ1v) is 5.34. The molecule has 3 N–H and O–H groups in total. The van der Waals surface area contributed by atoms with Crippen LogP contribution in [0.25, 0.3) is 0 Å². The van der Waals surface area contributed by atoms with E-state index in [-0.39, 0.29) is 12.6 Å². The van der Waals surface area contributed by atoms with Gasteiger partial charge in [0.2, 0.25) is 0 Å². The molecule has 3 nitrogen and oxygen atoms in total. The molecule has 0 heterocycles. The minimum atomic E-state index is -0.261. The first kappa shape index (κ1) is 12.6. The van der Waals surface area contributed by atoms with Crippen molar-refractivity contribution in [3.63, 3.8) is 0 Å². The van der Waals surface area contributed by atoms with Gasteiger partial charge in [-0.1, -0.05) is 29.3 Å². The van der Waals surface area contributed by atoms with Gasteiger partial charge in [-0.15, -0.1) is 0 Å². The Hall–Kier alpha value is -0.480. The Morgan fingerprint density at radius 2 is 2.13 bits per heavy atom. The number of aliphatic hydroxyl groups is 1. The fraction of sp³-hybridized carbons (Fsp3) is 0.400. The summed E-state index contributed by atoms with van der Waals surface area (Å²) in [6.45, 7) is 0.356. The van der Waals surface area contributed by atoms with Gasteiger partial charge >= 0.3 is 0 Å². The van der Waals surface area contributed by atoms with Crippen LogP contribution < -0.4 is 10.5 Å². The minimum absolute atomic E-state index is 0.0490. The van der Waals surface area contributed by atoms with Crippen molar-refractivity contribution in [2.24, 2.45) is 5.73 Å². The average molecular weight is 250 g/mol. The average Bonchev–Trinajstić information content (AvgIpc) is 2.24. The van der Waals surface area contributed by atoms with Crippen LogP contribution in [0, 0.1) is 0 Å². The molecule has 1 atom stereocenters. The monoisotopic (exact) mass is 249 g/mol. The molecule has 0 fully saturated rings. The number of ether oxygens (including phenoxy) is 1. The SMILES string of the molecule is NC(CO)CCOc1cccc(Cl)c1Cl. The molecule has 1 aromatic rings. The lowest BCUT2D eigenvalue weighted by atomic mass is 10.2. The highest BCUT2D eigenvalue weighted by Gasteiger charge is 2.06. The Balaban J connectivity index is 2.47. The lowest BCUT2D eigenvalue weighted by molar-refractivity contribution is 0.230. The molecule has 15 heavy (non-hydrogen) atoms. The summed E-state index contributed by atoms with van der Waals surface area (Å²) in [5.74, 6) is 0.536. The molecule has 0 aliphatic carbocycles. The molecule has 0 aliphatic rings. The Morgan fingerprint density at radius 1 is 1.40 bits per heavy atom. The fourth-order valence-corrected chi connectivity index (χ4v) is 1.35. The molecular weight excluding hydrogens is 237 g/mol. The van der Waals surface area contributed by atoms with Crippen molar-refractivity contribution in [1.29, 1.82) is 0 Å². The molecule has 0 aromatic heterocycles. The highest BCUT2D eigenvalue weighted by atomic mass is 35.5. The Morgan fingerprint density at radius 3 is 2.80 bits per heavy atom. The highest BCUT2D eigenvalue weighted by Crippen LogP contribution is 2.31. The van der Waals surface area contributed by atoms with Gasteiger partial charge in [0.1, 0.15) is 10.8 Å². The van der Waals surface area contributed by atoms with Gasteiger partial charge in [0, 0.05) is 6.04 Å². The predicted octanol–water partition coefficient (Wildman–Crippen LogP) is 2.08. The van der Waals surface area contributed by atoms with E-state index in [2.05, 4.69) is 0 Å². The quantitative estimate of drug-likeness (QED) is 0.841. The van der Waals surface area contributed by atoms with Crippen LogP contribution in [0.15, 0.2) is 18.2 Å². The van der Waals surface area contributed by atoms with Gasteiger partial charge in [-0.05, 0) is 18.6 Å². The third kappa shape index (κ3) is 3.87. The van der Waals surface area contributed by atoms with E-state index in [9.17, 15) is 0 Å². The van der Waals surface area contributed by atoms with Crippen molar-refractivity contribution in [2.45, 2.75) is 12.5 Å². The van der Waals surface area contributed by atoms with Crippen molar-refractivity contribution in [1.82, 2.24) is 0 Å². The molecule has 5 heteroatoms. The molecule has 84 valence electrons. The Bertz CT molecular complexity index is 320. The van der Waals surface area contributed by atoms with Crippen LogP contribution in [-0.4, -0.2) is 24.4 Å². The molecule has 0 bridgehead atoms. The second-order valence-corrected chi connectivity index (χ2v) is 3.92. The van der Waals surface area contributed by atoms with E-state index in [4.69, 9.17) is 38.8 Å². The van der Waals surface area contributed by atoms with E-state index in [1.807, 2.05) is 0 Å². The van der Waals surface area contributed by atoms with Crippen molar-refractivity contribution < 1.29 is 9.84 Å². The molecule has 0 spiro atoms. The van der Waals surface area contributed by atoms with Crippen LogP contribution in [-0.2, 0) is 0 Å². The lowest BCUT2D eigenvalue weighted by Crippen LogP contribution is -2.26. The number of rotatable bonds is 5. The first-order chi connectivity index (χ1) is 7.15. The molecule has 1 aromatic carbocycles. The normalized spacial score (nSPS) is 12.5. The largest absolute Gasteiger partial charge is 0.492 e. The summed E-state index contributed by atoms with van der Waals surface area (Å²) < 4.78 is 5.38. The zero-order valence-electron chi connectivity index (χ0n) is 8.12. The van der Waals surface area contributed by atoms with Crippen LogP contribution >= 0.6 is 23.2 Å². The van der Waals surface area contributed by atoms with Crippen molar-refractivity contribution in [3.05, 3.63) is 28.2 Å². The van der Waals surface area contributed by atoms with E-state index >= 15 is 0 Å². The summed E-state index contributed by atoms with van der Waals surface area (Å²) in [6, 6.07) is 4.92. The molecule has 0 saturated carbocycles. The van der Waals surface area contributed by atoms with Crippen molar-refractivity contribution in [3.8, 4) is 5.75 Å². The van der Waals surface area contributed by atoms with E-state index in [0.717, 1.165) is 0 Å². The van der Waals surface area contributed by atoms with Gasteiger partial charge < -0.3 is 15.6 Å². The van der Waals surface area contributed by atoms with Gasteiger partial charge in [-0.3, -0.25) is 0 Å². The smallest absolute Gasteiger partial charge is 0.139 e. The number of hydrogen-bond donors (Lipinski definition) is 2. The van der Waals surface area contributed by atoms with Crippen LogP contribution in [0.4, 0.5) is 0 Å². The fourth-order valence-electron chi connectivity index (χ4n) is 1.01. The van der Waals surface area contributed by atoms with Gasteiger partial charge in [0.05, 0.1) is 18.2 Å². The maximum atomic E-state index is 8.70. The Labute approximate surface area is 98.7 Å². The number of nitrogens with two attached hydrogens (primary N) is 1. The zero-order chi connectivity index (χ0) is 11.3. The maximum absolute atomic E-state index is 8.70. The number of aliphatic hydroxyl groups excluding tert-OH is 1. The number of hydrogen-bond acceptors (Lipinski definition) is 3. The summed E-state index contributed by atoms with van der Waals surface area (Å²) in [6.07, 6.45) is 0.569. The molecule has 0 aliphatic heterocycles. The molecule has 0 radical (unpaired) electrons. The molecular formula is C10H13Cl2NO2. The van der Waals surface area contributed by atoms with Crippen LogP contribution in [0.2, 0.25) is 10.0 Å². The second kappa shape index (κ2) is 6.18. The minimum Gasteiger partial charge on any atom is -0.492 e. The number of halogens is 2. The summed E-state index contributed by atoms with van der Waals surface area (Å²) in [4.78, 5) is 0. The molecule has 0 saturated heterocycles. The predicted molar refractivity (Wildman–Crippen MR) is 61.6 cm³/mol. The van der Waals surface area contributed by atoms with E-state index < -0.39 is 0 Å². The summed E-state index contributed by atoms with van der Waals surface area (Å²) >= 11 is 11.7. The lowest BCUT2D eigenvalue weighted by Gasteiger charge is -2.11. The summed E-state index contributed by atoms with van der Waals surface area (Å²) in [7, 11) is 0. The van der Waals surface area contributed by atoms with E-state index in [0.29, 0.717) is 28.8 Å². The van der Waals surface area contributed by atoms with Gasteiger partial charge in [-0.2, -0.15) is 0 Å². The molecule has 0 amide bonds. The molecule has 1 rings (SSSR count). The van der Waals surface area contributed by atoms with Crippen molar-refractivity contribution in [2.75, 3.05) is 13.2 Å². The van der Waals surface area contributed by atoms with Crippen LogP contribution in [0.5, 0.6) is 5.75 Å². The third-order valence-corrected chi connectivity index (χ3v) is 2.70. The van der Waals surface area contributed by atoms with Gasteiger partial charge in [-0.25, -0.2) is 0 Å². The van der Waals surface area contributed by atoms with Gasteiger partial charge in [0.25, 0.3) is 0 Å². The van der Waals surface area contributed by atoms with E-state index in [1.165, 1.54) is 0 Å². The van der Waals surface area contributed by atoms with Crippen LogP contribution in [0.3, 0.4) is 0 Å². The Kier molecular flexibility index (Phi) is 5.19. The standard InChI is InChI=1S/C10H13Cl2NO2/c11-8-2-1-3-9(10(8)12)15-5-4-7(13)6-14/h1-3,7,14H,4-6,13H2. The van der Waals surface area contributed by atoms with Gasteiger partial charge in [0.15, 0.2) is 0 Å². The topological polar surface area (TPSA) is 55.5 Å². The van der Waals surface area contributed by atoms with E-state index in [1.54, 1.807) is 18.2 Å². The third-order valence-electron chi connectivity index (χ3n) is 1.90. The second-order valence-electron chi connectivity index (χ2n) is 3.13.